The molecule has 3 rings (SSSR count). The lowest BCUT2D eigenvalue weighted by molar-refractivity contribution is -0.117. The summed E-state index contributed by atoms with van der Waals surface area (Å²) in [6.07, 6.45) is 1.00. The van der Waals surface area contributed by atoms with Crippen LogP contribution in [-0.4, -0.2) is 56.3 Å². The van der Waals surface area contributed by atoms with Crippen LogP contribution < -0.4 is 5.32 Å². The average molecular weight is 416 g/mol. The molecular weight excluding hydrogens is 386 g/mol. The minimum atomic E-state index is -3.47. The van der Waals surface area contributed by atoms with Crippen molar-refractivity contribution in [3.05, 3.63) is 60.2 Å². The van der Waals surface area contributed by atoms with E-state index in [4.69, 9.17) is 0 Å². The molecule has 2 aromatic carbocycles. The summed E-state index contributed by atoms with van der Waals surface area (Å²) in [7, 11) is -3.47. The van der Waals surface area contributed by atoms with E-state index in [0.717, 1.165) is 17.7 Å². The molecule has 6 nitrogen and oxygen atoms in total. The van der Waals surface area contributed by atoms with Gasteiger partial charge in [-0.05, 0) is 36.1 Å². The molecule has 0 bridgehead atoms. The normalized spacial score (nSPS) is 17.0. The Bertz CT molecular complexity index is 923. The van der Waals surface area contributed by atoms with Crippen LogP contribution in [0.25, 0.3) is 0 Å². The zero-order chi connectivity index (χ0) is 20.9. The van der Waals surface area contributed by atoms with Crippen molar-refractivity contribution in [3.8, 4) is 0 Å². The smallest absolute Gasteiger partial charge is 0.243 e. The van der Waals surface area contributed by atoms with Crippen LogP contribution in [0.5, 0.6) is 0 Å². The van der Waals surface area contributed by atoms with Gasteiger partial charge in [0.15, 0.2) is 0 Å². The van der Waals surface area contributed by atoms with Crippen LogP contribution >= 0.6 is 0 Å². The molecule has 0 saturated carbocycles. The summed E-state index contributed by atoms with van der Waals surface area (Å²) < 4.78 is 26.9. The molecule has 1 aliphatic heterocycles. The molecule has 0 aliphatic carbocycles. The number of anilines is 1. The van der Waals surface area contributed by atoms with Gasteiger partial charge in [-0.1, -0.05) is 50.2 Å². The van der Waals surface area contributed by atoms with Crippen molar-refractivity contribution < 1.29 is 13.2 Å². The first-order valence-corrected chi connectivity index (χ1v) is 11.5. The Labute approximate surface area is 173 Å². The molecule has 29 heavy (non-hydrogen) atoms. The number of benzene rings is 2. The van der Waals surface area contributed by atoms with E-state index in [9.17, 15) is 13.2 Å². The molecule has 0 unspecified atom stereocenters. The molecule has 1 aliphatic rings. The Kier molecular flexibility index (Phi) is 7.05. The van der Waals surface area contributed by atoms with E-state index in [1.165, 1.54) is 4.31 Å². The van der Waals surface area contributed by atoms with Gasteiger partial charge in [-0.3, -0.25) is 9.69 Å². The van der Waals surface area contributed by atoms with E-state index >= 15 is 0 Å². The number of hydrogen-bond donors (Lipinski definition) is 1. The quantitative estimate of drug-likeness (QED) is 0.754. The summed E-state index contributed by atoms with van der Waals surface area (Å²) >= 11 is 0. The number of nitrogens with zero attached hydrogens (tertiary/aromatic N) is 2. The maximum Gasteiger partial charge on any atom is 0.243 e. The molecule has 1 heterocycles. The molecule has 0 radical (unpaired) electrons. The van der Waals surface area contributed by atoms with Gasteiger partial charge in [0.25, 0.3) is 0 Å². The van der Waals surface area contributed by atoms with E-state index in [2.05, 4.69) is 25.2 Å². The van der Waals surface area contributed by atoms with Crippen LogP contribution in [0.1, 0.15) is 31.7 Å². The molecule has 156 valence electrons. The highest BCUT2D eigenvalue weighted by Gasteiger charge is 2.29. The topological polar surface area (TPSA) is 69.7 Å². The maximum atomic E-state index is 12.7. The largest absolute Gasteiger partial charge is 0.325 e. The fourth-order valence-electron chi connectivity index (χ4n) is 3.52. The molecule has 1 N–H and O–H groups in total. The van der Waals surface area contributed by atoms with Crippen molar-refractivity contribution in [1.82, 2.24) is 9.21 Å². The minimum absolute atomic E-state index is 0.0693. The highest BCUT2D eigenvalue weighted by Crippen LogP contribution is 2.26. The number of amides is 1. The SMILES string of the molecule is CC[C@H](C)c1ccccc1NC(=O)CN1CCN(S(=O)(=O)c2ccccc2)CC1. The molecule has 0 spiro atoms. The first-order valence-electron chi connectivity index (χ1n) is 10.1. The Hall–Kier alpha value is -2.22. The lowest BCUT2D eigenvalue weighted by Crippen LogP contribution is -2.50. The second-order valence-corrected chi connectivity index (χ2v) is 9.38. The molecule has 1 atom stereocenters. The molecule has 1 saturated heterocycles. The van der Waals surface area contributed by atoms with E-state index in [0.29, 0.717) is 37.0 Å². The zero-order valence-corrected chi connectivity index (χ0v) is 17.9. The van der Waals surface area contributed by atoms with Gasteiger partial charge in [0.2, 0.25) is 15.9 Å². The van der Waals surface area contributed by atoms with Crippen LogP contribution in [0, 0.1) is 0 Å². The number of nitrogens with one attached hydrogen (secondary N) is 1. The zero-order valence-electron chi connectivity index (χ0n) is 17.0. The van der Waals surface area contributed by atoms with Gasteiger partial charge < -0.3 is 5.32 Å². The summed E-state index contributed by atoms with van der Waals surface area (Å²) in [5.74, 6) is 0.304. The third-order valence-corrected chi connectivity index (χ3v) is 7.37. The molecular formula is C22H29N3O3S. The van der Waals surface area contributed by atoms with Crippen molar-refractivity contribution in [2.24, 2.45) is 0 Å². The number of rotatable bonds is 7. The van der Waals surface area contributed by atoms with Crippen molar-refractivity contribution >= 4 is 21.6 Å². The van der Waals surface area contributed by atoms with Gasteiger partial charge in [0.05, 0.1) is 11.4 Å². The molecule has 2 aromatic rings. The summed E-state index contributed by atoms with van der Waals surface area (Å²) in [4.78, 5) is 14.9. The standard InChI is InChI=1S/C22H29N3O3S/c1-3-18(2)20-11-7-8-12-21(20)23-22(26)17-24-13-15-25(16-14-24)29(27,28)19-9-5-4-6-10-19/h4-12,18H,3,13-17H2,1-2H3,(H,23,26)/t18-/m0/s1. The van der Waals surface area contributed by atoms with E-state index in [-0.39, 0.29) is 12.5 Å². The number of carbonyl (C=O) groups excluding carboxylic acids is 1. The van der Waals surface area contributed by atoms with Gasteiger partial charge in [0.1, 0.15) is 0 Å². The predicted octanol–water partition coefficient (Wildman–Crippen LogP) is 3.15. The van der Waals surface area contributed by atoms with Gasteiger partial charge in [-0.25, -0.2) is 8.42 Å². The van der Waals surface area contributed by atoms with Gasteiger partial charge in [-0.2, -0.15) is 4.31 Å². The van der Waals surface area contributed by atoms with Crippen LogP contribution in [0.3, 0.4) is 0 Å². The third kappa shape index (κ3) is 5.23. The number of sulfonamides is 1. The summed E-state index contributed by atoms with van der Waals surface area (Å²) in [5, 5.41) is 3.03. The number of carbonyl (C=O) groups is 1. The first-order chi connectivity index (χ1) is 13.9. The highest BCUT2D eigenvalue weighted by molar-refractivity contribution is 7.89. The van der Waals surface area contributed by atoms with Crippen molar-refractivity contribution in [2.75, 3.05) is 38.0 Å². The molecule has 1 fully saturated rings. The Morgan fingerprint density at radius 3 is 2.28 bits per heavy atom. The minimum Gasteiger partial charge on any atom is -0.325 e. The average Bonchev–Trinajstić information content (AvgIpc) is 2.74. The van der Waals surface area contributed by atoms with Crippen molar-refractivity contribution in [3.63, 3.8) is 0 Å². The second kappa shape index (κ2) is 9.52. The van der Waals surface area contributed by atoms with E-state index in [1.807, 2.05) is 23.1 Å². The monoisotopic (exact) mass is 415 g/mol. The summed E-state index contributed by atoms with van der Waals surface area (Å²) in [5.41, 5.74) is 2.00. The lowest BCUT2D eigenvalue weighted by Gasteiger charge is -2.33. The number of para-hydroxylation sites is 1. The highest BCUT2D eigenvalue weighted by atomic mass is 32.2. The van der Waals surface area contributed by atoms with Crippen molar-refractivity contribution in [1.29, 1.82) is 0 Å². The molecule has 1 amide bonds. The Morgan fingerprint density at radius 2 is 1.62 bits per heavy atom. The molecule has 0 aromatic heterocycles. The van der Waals surface area contributed by atoms with Crippen LogP contribution in [0.15, 0.2) is 59.5 Å². The first kappa shape index (κ1) is 21.5. The second-order valence-electron chi connectivity index (χ2n) is 7.44. The van der Waals surface area contributed by atoms with Crippen LogP contribution in [0.4, 0.5) is 5.69 Å². The number of piperazine rings is 1. The fourth-order valence-corrected chi connectivity index (χ4v) is 4.97. The maximum absolute atomic E-state index is 12.7. The van der Waals surface area contributed by atoms with Crippen LogP contribution in [0.2, 0.25) is 0 Å². The Balaban J connectivity index is 1.56. The predicted molar refractivity (Wildman–Crippen MR) is 115 cm³/mol. The lowest BCUT2D eigenvalue weighted by atomic mass is 9.97. The van der Waals surface area contributed by atoms with Gasteiger partial charge >= 0.3 is 0 Å². The van der Waals surface area contributed by atoms with Crippen molar-refractivity contribution in [2.45, 2.75) is 31.1 Å². The van der Waals surface area contributed by atoms with Gasteiger partial charge in [-0.15, -0.1) is 0 Å². The third-order valence-electron chi connectivity index (χ3n) is 5.46. The summed E-state index contributed by atoms with van der Waals surface area (Å²) in [6.45, 7) is 6.37. The summed E-state index contributed by atoms with van der Waals surface area (Å²) in [6, 6.07) is 16.4. The molecule has 7 heteroatoms. The number of hydrogen-bond acceptors (Lipinski definition) is 4. The van der Waals surface area contributed by atoms with Gasteiger partial charge in [0, 0.05) is 31.9 Å². The van der Waals surface area contributed by atoms with E-state index in [1.54, 1.807) is 30.3 Å². The Morgan fingerprint density at radius 1 is 1.00 bits per heavy atom. The van der Waals surface area contributed by atoms with E-state index < -0.39 is 10.0 Å². The van der Waals surface area contributed by atoms with Crippen LogP contribution in [-0.2, 0) is 14.8 Å². The fraction of sp³-hybridized carbons (Fsp3) is 0.409.